The van der Waals surface area contributed by atoms with Crippen molar-refractivity contribution in [3.05, 3.63) is 22.4 Å². The van der Waals surface area contributed by atoms with Crippen LogP contribution in [-0.4, -0.2) is 19.8 Å². The van der Waals surface area contributed by atoms with Gasteiger partial charge in [0.15, 0.2) is 0 Å². The number of ether oxygens (including phenoxy) is 1. The highest BCUT2D eigenvalue weighted by Gasteiger charge is 2.26. The summed E-state index contributed by atoms with van der Waals surface area (Å²) in [6, 6.07) is 5.00. The van der Waals surface area contributed by atoms with Crippen LogP contribution in [0.4, 0.5) is 0 Å². The summed E-state index contributed by atoms with van der Waals surface area (Å²) in [4.78, 5) is 1.50. The van der Waals surface area contributed by atoms with Gasteiger partial charge in [0, 0.05) is 24.1 Å². The number of hydrogen-bond donors (Lipinski definition) is 1. The van der Waals surface area contributed by atoms with Crippen molar-refractivity contribution in [2.45, 2.75) is 51.5 Å². The van der Waals surface area contributed by atoms with Crippen LogP contribution in [0.3, 0.4) is 0 Å². The number of unbranched alkanes of at least 4 members (excludes halogenated alkanes) is 1. The lowest BCUT2D eigenvalue weighted by Crippen LogP contribution is -2.29. The van der Waals surface area contributed by atoms with E-state index in [0.29, 0.717) is 6.04 Å². The van der Waals surface area contributed by atoms with Gasteiger partial charge in [-0.05, 0) is 36.6 Å². The third kappa shape index (κ3) is 4.90. The fraction of sp³-hybridized carbons (Fsp3) is 0.750. The number of thiophene rings is 1. The van der Waals surface area contributed by atoms with Crippen molar-refractivity contribution in [1.82, 2.24) is 5.32 Å². The van der Waals surface area contributed by atoms with Crippen LogP contribution in [0, 0.1) is 5.92 Å². The van der Waals surface area contributed by atoms with Crippen molar-refractivity contribution in [2.75, 3.05) is 19.8 Å². The van der Waals surface area contributed by atoms with E-state index >= 15 is 0 Å². The monoisotopic (exact) mass is 281 g/mol. The Morgan fingerprint density at radius 2 is 2.21 bits per heavy atom. The SMILES string of the molecule is CCCCOCCNC(c1cccs1)C1CCCC1. The molecule has 108 valence electrons. The standard InChI is InChI=1S/C16H27NOS/c1-2-3-11-18-12-10-17-16(14-7-4-5-8-14)15-9-6-13-19-15/h6,9,13-14,16-17H,2-5,7-8,10-12H2,1H3. The third-order valence-electron chi connectivity index (χ3n) is 3.97. The summed E-state index contributed by atoms with van der Waals surface area (Å²) in [6.45, 7) is 4.93. The molecule has 2 rings (SSSR count). The molecule has 0 amide bonds. The van der Waals surface area contributed by atoms with Gasteiger partial charge in [-0.25, -0.2) is 0 Å². The molecule has 0 aliphatic heterocycles. The van der Waals surface area contributed by atoms with Crippen molar-refractivity contribution in [2.24, 2.45) is 5.92 Å². The Labute approximate surface area is 121 Å². The zero-order chi connectivity index (χ0) is 13.3. The summed E-state index contributed by atoms with van der Waals surface area (Å²) >= 11 is 1.89. The fourth-order valence-corrected chi connectivity index (χ4v) is 3.79. The molecule has 1 aliphatic carbocycles. The predicted molar refractivity (Wildman–Crippen MR) is 82.7 cm³/mol. The van der Waals surface area contributed by atoms with E-state index in [4.69, 9.17) is 4.74 Å². The highest BCUT2D eigenvalue weighted by Crippen LogP contribution is 2.37. The Balaban J connectivity index is 1.75. The van der Waals surface area contributed by atoms with Gasteiger partial charge in [0.1, 0.15) is 0 Å². The van der Waals surface area contributed by atoms with Gasteiger partial charge < -0.3 is 10.1 Å². The third-order valence-corrected chi connectivity index (χ3v) is 4.93. The molecular weight excluding hydrogens is 254 g/mol. The first-order chi connectivity index (χ1) is 9.42. The van der Waals surface area contributed by atoms with Gasteiger partial charge in [-0.2, -0.15) is 0 Å². The first-order valence-electron chi connectivity index (χ1n) is 7.76. The average Bonchev–Trinajstić information content (AvgIpc) is 3.11. The minimum Gasteiger partial charge on any atom is -0.380 e. The second-order valence-corrected chi connectivity index (χ2v) is 6.44. The Bertz CT molecular complexity index is 319. The van der Waals surface area contributed by atoms with E-state index in [9.17, 15) is 0 Å². The van der Waals surface area contributed by atoms with Crippen LogP contribution in [0.1, 0.15) is 56.4 Å². The number of rotatable bonds is 9. The van der Waals surface area contributed by atoms with Gasteiger partial charge in [-0.15, -0.1) is 11.3 Å². The molecule has 1 fully saturated rings. The molecule has 1 aromatic rings. The molecule has 0 bridgehead atoms. The predicted octanol–water partition coefficient (Wildman–Crippen LogP) is 4.39. The lowest BCUT2D eigenvalue weighted by molar-refractivity contribution is 0.128. The maximum atomic E-state index is 5.65. The van der Waals surface area contributed by atoms with Crippen molar-refractivity contribution in [3.63, 3.8) is 0 Å². The molecular formula is C16H27NOS. The normalized spacial score (nSPS) is 17.9. The molecule has 3 heteroatoms. The Morgan fingerprint density at radius 1 is 1.37 bits per heavy atom. The van der Waals surface area contributed by atoms with E-state index in [-0.39, 0.29) is 0 Å². The molecule has 1 unspecified atom stereocenters. The highest BCUT2D eigenvalue weighted by atomic mass is 32.1. The van der Waals surface area contributed by atoms with Crippen molar-refractivity contribution in [3.8, 4) is 0 Å². The Kier molecular flexibility index (Phi) is 6.90. The lowest BCUT2D eigenvalue weighted by atomic mass is 9.97. The molecule has 0 radical (unpaired) electrons. The summed E-state index contributed by atoms with van der Waals surface area (Å²) in [7, 11) is 0. The minimum atomic E-state index is 0.553. The van der Waals surface area contributed by atoms with Gasteiger partial charge in [0.25, 0.3) is 0 Å². The van der Waals surface area contributed by atoms with Crippen LogP contribution in [0.2, 0.25) is 0 Å². The molecule has 0 saturated heterocycles. The molecule has 1 N–H and O–H groups in total. The van der Waals surface area contributed by atoms with Crippen LogP contribution in [0.5, 0.6) is 0 Å². The van der Waals surface area contributed by atoms with Crippen molar-refractivity contribution < 1.29 is 4.74 Å². The molecule has 2 nitrogen and oxygen atoms in total. The maximum absolute atomic E-state index is 5.65. The Hall–Kier alpha value is -0.380. The number of hydrogen-bond acceptors (Lipinski definition) is 3. The molecule has 1 aromatic heterocycles. The van der Waals surface area contributed by atoms with Crippen LogP contribution < -0.4 is 5.32 Å². The first kappa shape index (κ1) is 15.0. The summed E-state index contributed by atoms with van der Waals surface area (Å²) in [6.07, 6.45) is 7.96. The van der Waals surface area contributed by atoms with Gasteiger partial charge in [0.05, 0.1) is 6.61 Å². The fourth-order valence-electron chi connectivity index (χ4n) is 2.89. The van der Waals surface area contributed by atoms with E-state index in [2.05, 4.69) is 29.8 Å². The zero-order valence-electron chi connectivity index (χ0n) is 12.1. The molecule has 1 aliphatic rings. The highest BCUT2D eigenvalue weighted by molar-refractivity contribution is 7.10. The van der Waals surface area contributed by atoms with Crippen LogP contribution in [0.25, 0.3) is 0 Å². The van der Waals surface area contributed by atoms with Crippen molar-refractivity contribution >= 4 is 11.3 Å². The summed E-state index contributed by atoms with van der Waals surface area (Å²) in [5, 5.41) is 5.92. The lowest BCUT2D eigenvalue weighted by Gasteiger charge is -2.23. The Morgan fingerprint density at radius 3 is 2.89 bits per heavy atom. The van der Waals surface area contributed by atoms with E-state index < -0.39 is 0 Å². The maximum Gasteiger partial charge on any atom is 0.0591 e. The minimum absolute atomic E-state index is 0.553. The summed E-state index contributed by atoms with van der Waals surface area (Å²) in [5.41, 5.74) is 0. The quantitative estimate of drug-likeness (QED) is 0.678. The molecule has 1 heterocycles. The molecule has 1 saturated carbocycles. The molecule has 19 heavy (non-hydrogen) atoms. The van der Waals surface area contributed by atoms with E-state index in [0.717, 1.165) is 25.7 Å². The van der Waals surface area contributed by atoms with Gasteiger partial charge in [-0.1, -0.05) is 32.3 Å². The van der Waals surface area contributed by atoms with Crippen LogP contribution in [-0.2, 0) is 4.74 Å². The first-order valence-corrected chi connectivity index (χ1v) is 8.64. The number of nitrogens with one attached hydrogen (secondary N) is 1. The average molecular weight is 281 g/mol. The summed E-state index contributed by atoms with van der Waals surface area (Å²) < 4.78 is 5.65. The van der Waals surface area contributed by atoms with Gasteiger partial charge in [-0.3, -0.25) is 0 Å². The smallest absolute Gasteiger partial charge is 0.0591 e. The molecule has 1 atom stereocenters. The van der Waals surface area contributed by atoms with Gasteiger partial charge >= 0.3 is 0 Å². The van der Waals surface area contributed by atoms with Crippen LogP contribution in [0.15, 0.2) is 17.5 Å². The van der Waals surface area contributed by atoms with E-state index in [1.165, 1.54) is 43.4 Å². The molecule has 0 aromatic carbocycles. The van der Waals surface area contributed by atoms with E-state index in [1.54, 1.807) is 0 Å². The summed E-state index contributed by atoms with van der Waals surface area (Å²) in [5.74, 6) is 0.828. The largest absolute Gasteiger partial charge is 0.380 e. The van der Waals surface area contributed by atoms with Crippen LogP contribution >= 0.6 is 11.3 Å². The van der Waals surface area contributed by atoms with Crippen molar-refractivity contribution in [1.29, 1.82) is 0 Å². The van der Waals surface area contributed by atoms with Gasteiger partial charge in [0.2, 0.25) is 0 Å². The molecule has 0 spiro atoms. The topological polar surface area (TPSA) is 21.3 Å². The second kappa shape index (κ2) is 8.72. The second-order valence-electron chi connectivity index (χ2n) is 5.46. The zero-order valence-corrected chi connectivity index (χ0v) is 12.9. The van der Waals surface area contributed by atoms with E-state index in [1.807, 2.05) is 11.3 Å².